The zero-order valence-corrected chi connectivity index (χ0v) is 7.19. The van der Waals surface area contributed by atoms with Crippen LogP contribution >= 0.6 is 0 Å². The van der Waals surface area contributed by atoms with Gasteiger partial charge in [0.2, 0.25) is 11.8 Å². The van der Waals surface area contributed by atoms with Crippen molar-refractivity contribution in [3.05, 3.63) is 5.82 Å². The van der Waals surface area contributed by atoms with Gasteiger partial charge >= 0.3 is 5.97 Å². The van der Waals surface area contributed by atoms with Gasteiger partial charge in [0.05, 0.1) is 0 Å². The molecule has 1 heterocycles. The molecule has 1 aromatic rings. The second-order valence-electron chi connectivity index (χ2n) is 3.00. The van der Waals surface area contributed by atoms with Crippen LogP contribution in [0, 0.1) is 0 Å². The number of hydrogen-bond acceptors (Lipinski definition) is 4. The van der Waals surface area contributed by atoms with Crippen LogP contribution in [-0.2, 0) is 0 Å². The fraction of sp³-hybridized carbons (Fsp3) is 0.571. The van der Waals surface area contributed by atoms with Crippen LogP contribution < -0.4 is 5.32 Å². The van der Waals surface area contributed by atoms with Crippen molar-refractivity contribution in [2.45, 2.75) is 18.9 Å². The van der Waals surface area contributed by atoms with Gasteiger partial charge in [-0.05, 0) is 12.8 Å². The van der Waals surface area contributed by atoms with Gasteiger partial charge < -0.3 is 10.4 Å². The third kappa shape index (κ3) is 1.24. The molecule has 2 N–H and O–H groups in total. The van der Waals surface area contributed by atoms with E-state index in [2.05, 4.69) is 15.5 Å². The van der Waals surface area contributed by atoms with Crippen molar-refractivity contribution in [2.75, 3.05) is 12.4 Å². The Balaban J connectivity index is 2.44. The van der Waals surface area contributed by atoms with Crippen LogP contribution in [-0.4, -0.2) is 32.9 Å². The van der Waals surface area contributed by atoms with E-state index >= 15 is 0 Å². The number of carboxylic acid groups (broad SMARTS) is 1. The highest BCUT2D eigenvalue weighted by molar-refractivity contribution is 5.84. The minimum atomic E-state index is -1.03. The third-order valence-corrected chi connectivity index (χ3v) is 2.02. The van der Waals surface area contributed by atoms with Gasteiger partial charge in [-0.15, -0.1) is 10.2 Å². The van der Waals surface area contributed by atoms with E-state index in [-0.39, 0.29) is 11.9 Å². The number of nitrogens with zero attached hydrogens (tertiary/aromatic N) is 3. The number of rotatable bonds is 3. The molecule has 0 aliphatic heterocycles. The lowest BCUT2D eigenvalue weighted by atomic mass is 10.5. The summed E-state index contributed by atoms with van der Waals surface area (Å²) in [7, 11) is 1.70. The van der Waals surface area contributed by atoms with Crippen LogP contribution in [0.4, 0.5) is 5.95 Å². The number of aromatic carboxylic acids is 1. The van der Waals surface area contributed by atoms with Crippen LogP contribution in [0.15, 0.2) is 0 Å². The van der Waals surface area contributed by atoms with Crippen molar-refractivity contribution in [1.29, 1.82) is 0 Å². The first-order valence-corrected chi connectivity index (χ1v) is 4.10. The average molecular weight is 182 g/mol. The smallest absolute Gasteiger partial charge is 0.374 e. The fourth-order valence-electron chi connectivity index (χ4n) is 1.29. The van der Waals surface area contributed by atoms with Gasteiger partial charge in [0.25, 0.3) is 0 Å². The summed E-state index contributed by atoms with van der Waals surface area (Å²) in [4.78, 5) is 10.7. The minimum Gasteiger partial charge on any atom is -0.475 e. The second kappa shape index (κ2) is 2.72. The lowest BCUT2D eigenvalue weighted by Gasteiger charge is -2.04. The summed E-state index contributed by atoms with van der Waals surface area (Å²) in [6, 6.07) is 0.267. The van der Waals surface area contributed by atoms with Gasteiger partial charge in [0.1, 0.15) is 0 Å². The first-order valence-electron chi connectivity index (χ1n) is 4.10. The van der Waals surface area contributed by atoms with E-state index in [9.17, 15) is 4.79 Å². The molecule has 13 heavy (non-hydrogen) atoms. The molecule has 1 saturated carbocycles. The van der Waals surface area contributed by atoms with E-state index in [1.165, 1.54) is 0 Å². The van der Waals surface area contributed by atoms with Crippen LogP contribution in [0.25, 0.3) is 0 Å². The van der Waals surface area contributed by atoms with Gasteiger partial charge in [0, 0.05) is 13.1 Å². The highest BCUT2D eigenvalue weighted by atomic mass is 16.4. The average Bonchev–Trinajstić information content (AvgIpc) is 2.84. The molecule has 0 amide bonds. The molecule has 0 aromatic carbocycles. The maximum absolute atomic E-state index is 10.7. The lowest BCUT2D eigenvalue weighted by molar-refractivity contribution is 0.0677. The van der Waals surface area contributed by atoms with Crippen molar-refractivity contribution in [1.82, 2.24) is 14.8 Å². The molecule has 1 aliphatic carbocycles. The van der Waals surface area contributed by atoms with Crippen LogP contribution in [0.3, 0.4) is 0 Å². The highest BCUT2D eigenvalue weighted by Crippen LogP contribution is 2.37. The molecule has 1 fully saturated rings. The molecule has 1 aliphatic rings. The molecule has 0 bridgehead atoms. The van der Waals surface area contributed by atoms with E-state index in [1.54, 1.807) is 11.6 Å². The van der Waals surface area contributed by atoms with E-state index in [0.717, 1.165) is 12.8 Å². The molecule has 6 nitrogen and oxygen atoms in total. The summed E-state index contributed by atoms with van der Waals surface area (Å²) >= 11 is 0. The third-order valence-electron chi connectivity index (χ3n) is 2.02. The van der Waals surface area contributed by atoms with Crippen LogP contribution in [0.5, 0.6) is 0 Å². The number of anilines is 1. The van der Waals surface area contributed by atoms with Crippen molar-refractivity contribution >= 4 is 11.9 Å². The number of carboxylic acids is 1. The molecule has 0 radical (unpaired) electrons. The molecular formula is C7H10N4O2. The van der Waals surface area contributed by atoms with E-state index in [0.29, 0.717) is 5.95 Å². The summed E-state index contributed by atoms with van der Waals surface area (Å²) in [6.07, 6.45) is 2.01. The Labute approximate surface area is 74.6 Å². The number of aromatic nitrogens is 3. The Morgan fingerprint density at radius 1 is 1.62 bits per heavy atom. The minimum absolute atomic E-state index is 0.0202. The largest absolute Gasteiger partial charge is 0.475 e. The molecule has 0 atom stereocenters. The number of carbonyl (C=O) groups is 1. The summed E-state index contributed by atoms with van der Waals surface area (Å²) in [6.45, 7) is 0. The topological polar surface area (TPSA) is 80.0 Å². The van der Waals surface area contributed by atoms with E-state index < -0.39 is 5.97 Å². The maximum Gasteiger partial charge on any atom is 0.374 e. The molecular weight excluding hydrogens is 172 g/mol. The number of nitrogens with one attached hydrogen (secondary N) is 1. The molecule has 6 heteroatoms. The first-order chi connectivity index (χ1) is 6.24. The van der Waals surface area contributed by atoms with Gasteiger partial charge in [-0.2, -0.15) is 0 Å². The number of hydrogen-bond donors (Lipinski definition) is 2. The monoisotopic (exact) mass is 182 g/mol. The maximum atomic E-state index is 10.7. The molecule has 2 rings (SSSR count). The highest BCUT2D eigenvalue weighted by Gasteiger charge is 2.31. The summed E-state index contributed by atoms with van der Waals surface area (Å²) in [5, 5.41) is 19.0. The first kappa shape index (κ1) is 8.03. The fourth-order valence-corrected chi connectivity index (χ4v) is 1.29. The summed E-state index contributed by atoms with van der Waals surface area (Å²) in [5.74, 6) is -0.479. The van der Waals surface area contributed by atoms with Gasteiger partial charge in [-0.3, -0.25) is 4.57 Å². The molecule has 0 unspecified atom stereocenters. The van der Waals surface area contributed by atoms with E-state index in [4.69, 9.17) is 5.11 Å². The Hall–Kier alpha value is -1.59. The Morgan fingerprint density at radius 2 is 2.31 bits per heavy atom. The molecule has 0 spiro atoms. The standard InChI is InChI=1S/C7H10N4O2/c1-8-7-10-9-5(6(12)13)11(7)4-2-3-4/h4H,2-3H2,1H3,(H,8,10)(H,12,13). The van der Waals surface area contributed by atoms with Crippen molar-refractivity contribution in [3.8, 4) is 0 Å². The Kier molecular flexibility index (Phi) is 1.68. The van der Waals surface area contributed by atoms with E-state index in [1.807, 2.05) is 0 Å². The van der Waals surface area contributed by atoms with Crippen LogP contribution in [0.1, 0.15) is 29.5 Å². The SMILES string of the molecule is CNc1nnc(C(=O)O)n1C1CC1. The summed E-state index contributed by atoms with van der Waals surface area (Å²) < 4.78 is 1.64. The quantitative estimate of drug-likeness (QED) is 0.705. The second-order valence-corrected chi connectivity index (χ2v) is 3.00. The normalized spacial score (nSPS) is 15.8. The zero-order valence-electron chi connectivity index (χ0n) is 7.19. The Bertz CT molecular complexity index is 342. The zero-order chi connectivity index (χ0) is 9.42. The lowest BCUT2D eigenvalue weighted by Crippen LogP contribution is -2.10. The van der Waals surface area contributed by atoms with Crippen molar-refractivity contribution in [3.63, 3.8) is 0 Å². The van der Waals surface area contributed by atoms with Crippen molar-refractivity contribution < 1.29 is 9.90 Å². The predicted octanol–water partition coefficient (Wildman–Crippen LogP) is 0.353. The van der Waals surface area contributed by atoms with Gasteiger partial charge in [0.15, 0.2) is 0 Å². The Morgan fingerprint density at radius 3 is 2.77 bits per heavy atom. The molecule has 0 saturated heterocycles. The summed E-state index contributed by atoms with van der Waals surface area (Å²) in [5.41, 5.74) is 0. The predicted molar refractivity (Wildman–Crippen MR) is 44.8 cm³/mol. The molecule has 1 aromatic heterocycles. The van der Waals surface area contributed by atoms with Crippen LogP contribution in [0.2, 0.25) is 0 Å². The van der Waals surface area contributed by atoms with Crippen molar-refractivity contribution in [2.24, 2.45) is 0 Å². The molecule has 70 valence electrons. The van der Waals surface area contributed by atoms with Gasteiger partial charge in [-0.25, -0.2) is 4.79 Å². The van der Waals surface area contributed by atoms with Gasteiger partial charge in [-0.1, -0.05) is 0 Å².